The fourth-order valence-electron chi connectivity index (χ4n) is 2.21. The van der Waals surface area contributed by atoms with Gasteiger partial charge >= 0.3 is 0 Å². The fraction of sp³-hybridized carbons (Fsp3) is 0.231. The first kappa shape index (κ1) is 12.2. The van der Waals surface area contributed by atoms with Crippen molar-refractivity contribution in [2.24, 2.45) is 0 Å². The standard InChI is InChI=1S/C13H13ClN4O/c1-7-10(14)3-2-8-6-9-12(15)17-18(4-5-19)13(9)16-11(7)8/h2-3,6,19H,4-5H2,1H3,(H2,15,17). The third-order valence-electron chi connectivity index (χ3n) is 3.22. The van der Waals surface area contributed by atoms with Crippen LogP contribution in [0.3, 0.4) is 0 Å². The summed E-state index contributed by atoms with van der Waals surface area (Å²) in [5.74, 6) is 0.422. The molecule has 0 fully saturated rings. The van der Waals surface area contributed by atoms with Crippen LogP contribution in [0, 0.1) is 6.92 Å². The van der Waals surface area contributed by atoms with Gasteiger partial charge in [0.25, 0.3) is 0 Å². The Labute approximate surface area is 114 Å². The average molecular weight is 277 g/mol. The van der Waals surface area contributed by atoms with Crippen LogP contribution in [0.1, 0.15) is 5.56 Å². The SMILES string of the molecule is Cc1c(Cl)ccc2cc3c(N)nn(CCO)c3nc12. The number of aryl methyl sites for hydroxylation is 1. The second-order valence-electron chi connectivity index (χ2n) is 4.44. The molecular formula is C13H13ClN4O. The van der Waals surface area contributed by atoms with Crippen LogP contribution in [0.2, 0.25) is 5.02 Å². The molecule has 3 N–H and O–H groups in total. The lowest BCUT2D eigenvalue weighted by atomic mass is 10.1. The van der Waals surface area contributed by atoms with Gasteiger partial charge in [-0.3, -0.25) is 0 Å². The van der Waals surface area contributed by atoms with E-state index >= 15 is 0 Å². The Kier molecular flexibility index (Phi) is 2.80. The number of nitrogens with zero attached hydrogens (tertiary/aromatic N) is 3. The summed E-state index contributed by atoms with van der Waals surface area (Å²) >= 11 is 6.12. The van der Waals surface area contributed by atoms with E-state index in [1.165, 1.54) is 0 Å². The van der Waals surface area contributed by atoms with Crippen LogP contribution in [-0.4, -0.2) is 26.5 Å². The van der Waals surface area contributed by atoms with E-state index in [2.05, 4.69) is 10.1 Å². The van der Waals surface area contributed by atoms with Gasteiger partial charge in [-0.25, -0.2) is 9.67 Å². The molecule has 19 heavy (non-hydrogen) atoms. The summed E-state index contributed by atoms with van der Waals surface area (Å²) in [5, 5.41) is 15.7. The van der Waals surface area contributed by atoms with Crippen LogP contribution >= 0.6 is 11.6 Å². The molecule has 0 spiro atoms. The van der Waals surface area contributed by atoms with Crippen LogP contribution in [0.4, 0.5) is 5.82 Å². The largest absolute Gasteiger partial charge is 0.394 e. The van der Waals surface area contributed by atoms with E-state index in [1.54, 1.807) is 4.68 Å². The Morgan fingerprint density at radius 1 is 1.42 bits per heavy atom. The van der Waals surface area contributed by atoms with Gasteiger partial charge in [0, 0.05) is 10.4 Å². The normalized spacial score (nSPS) is 11.5. The molecule has 0 unspecified atom stereocenters. The second kappa shape index (κ2) is 4.36. The molecule has 0 saturated carbocycles. The molecule has 0 atom stereocenters. The number of fused-ring (bicyclic) bond motifs is 2. The fourth-order valence-corrected chi connectivity index (χ4v) is 2.37. The highest BCUT2D eigenvalue weighted by molar-refractivity contribution is 6.32. The minimum absolute atomic E-state index is 0.00946. The van der Waals surface area contributed by atoms with Gasteiger partial charge in [0.15, 0.2) is 11.5 Å². The third-order valence-corrected chi connectivity index (χ3v) is 3.62. The summed E-state index contributed by atoms with van der Waals surface area (Å²) in [4.78, 5) is 4.60. The molecule has 0 bridgehead atoms. The molecule has 0 amide bonds. The quantitative estimate of drug-likeness (QED) is 0.752. The number of aromatic nitrogens is 3. The van der Waals surface area contributed by atoms with Gasteiger partial charge in [0.2, 0.25) is 0 Å². The zero-order valence-electron chi connectivity index (χ0n) is 10.4. The van der Waals surface area contributed by atoms with Crippen LogP contribution < -0.4 is 5.73 Å². The van der Waals surface area contributed by atoms with Crippen molar-refractivity contribution >= 4 is 39.4 Å². The highest BCUT2D eigenvalue weighted by atomic mass is 35.5. The predicted molar refractivity (Wildman–Crippen MR) is 76.3 cm³/mol. The lowest BCUT2D eigenvalue weighted by molar-refractivity contribution is 0.271. The molecule has 6 heteroatoms. The van der Waals surface area contributed by atoms with E-state index in [0.717, 1.165) is 21.9 Å². The van der Waals surface area contributed by atoms with E-state index in [4.69, 9.17) is 22.4 Å². The Morgan fingerprint density at radius 3 is 2.95 bits per heavy atom. The summed E-state index contributed by atoms with van der Waals surface area (Å²) in [5.41, 5.74) is 8.32. The van der Waals surface area contributed by atoms with E-state index in [9.17, 15) is 0 Å². The number of nitrogens with two attached hydrogens (primary N) is 1. The summed E-state index contributed by atoms with van der Waals surface area (Å²) in [6, 6.07) is 5.72. The van der Waals surface area contributed by atoms with Crippen molar-refractivity contribution in [3.8, 4) is 0 Å². The molecule has 0 saturated heterocycles. The van der Waals surface area contributed by atoms with Crippen LogP contribution in [0.25, 0.3) is 21.9 Å². The molecule has 0 radical (unpaired) electrons. The number of hydrogen-bond acceptors (Lipinski definition) is 4. The Bertz CT molecular complexity index is 781. The molecule has 3 rings (SSSR count). The first-order valence-corrected chi connectivity index (χ1v) is 6.32. The summed E-state index contributed by atoms with van der Waals surface area (Å²) < 4.78 is 1.62. The summed E-state index contributed by atoms with van der Waals surface area (Å²) in [6.45, 7) is 2.29. The monoisotopic (exact) mass is 276 g/mol. The van der Waals surface area contributed by atoms with Crippen molar-refractivity contribution in [2.45, 2.75) is 13.5 Å². The van der Waals surface area contributed by atoms with Crippen molar-refractivity contribution in [1.29, 1.82) is 0 Å². The third kappa shape index (κ3) is 1.82. The van der Waals surface area contributed by atoms with E-state index < -0.39 is 0 Å². The number of benzene rings is 1. The molecule has 3 aromatic rings. The lowest BCUT2D eigenvalue weighted by Gasteiger charge is -2.05. The van der Waals surface area contributed by atoms with Crippen LogP contribution in [0.15, 0.2) is 18.2 Å². The minimum Gasteiger partial charge on any atom is -0.394 e. The van der Waals surface area contributed by atoms with E-state index in [0.29, 0.717) is 23.0 Å². The van der Waals surface area contributed by atoms with Gasteiger partial charge in [0.1, 0.15) is 0 Å². The number of pyridine rings is 1. The highest BCUT2D eigenvalue weighted by Crippen LogP contribution is 2.28. The number of nitrogen functional groups attached to an aromatic ring is 1. The van der Waals surface area contributed by atoms with Gasteiger partial charge in [-0.05, 0) is 24.6 Å². The number of hydrogen-bond donors (Lipinski definition) is 2. The number of anilines is 1. The number of aliphatic hydroxyl groups is 1. The first-order valence-electron chi connectivity index (χ1n) is 5.94. The molecule has 0 aliphatic heterocycles. The van der Waals surface area contributed by atoms with E-state index in [1.807, 2.05) is 25.1 Å². The molecular weight excluding hydrogens is 264 g/mol. The van der Waals surface area contributed by atoms with Crippen molar-refractivity contribution in [2.75, 3.05) is 12.3 Å². The zero-order valence-corrected chi connectivity index (χ0v) is 11.1. The molecule has 2 aromatic heterocycles. The van der Waals surface area contributed by atoms with Crippen LogP contribution in [0.5, 0.6) is 0 Å². The zero-order chi connectivity index (χ0) is 13.6. The molecule has 1 aromatic carbocycles. The van der Waals surface area contributed by atoms with Gasteiger partial charge in [-0.2, -0.15) is 5.10 Å². The maximum atomic E-state index is 9.05. The summed E-state index contributed by atoms with van der Waals surface area (Å²) in [7, 11) is 0. The summed E-state index contributed by atoms with van der Waals surface area (Å²) in [6.07, 6.45) is 0. The number of aliphatic hydroxyl groups excluding tert-OH is 1. The Balaban J connectivity index is 2.40. The molecule has 2 heterocycles. The van der Waals surface area contributed by atoms with Crippen molar-refractivity contribution in [3.63, 3.8) is 0 Å². The van der Waals surface area contributed by atoms with Crippen molar-refractivity contribution in [1.82, 2.24) is 14.8 Å². The Morgan fingerprint density at radius 2 is 2.21 bits per heavy atom. The lowest BCUT2D eigenvalue weighted by Crippen LogP contribution is -2.05. The van der Waals surface area contributed by atoms with Gasteiger partial charge in [-0.15, -0.1) is 0 Å². The number of rotatable bonds is 2. The minimum atomic E-state index is -0.00946. The maximum absolute atomic E-state index is 9.05. The Hall–Kier alpha value is -1.85. The second-order valence-corrected chi connectivity index (χ2v) is 4.84. The highest BCUT2D eigenvalue weighted by Gasteiger charge is 2.12. The molecule has 5 nitrogen and oxygen atoms in total. The van der Waals surface area contributed by atoms with E-state index in [-0.39, 0.29) is 6.61 Å². The topological polar surface area (TPSA) is 77.0 Å². The smallest absolute Gasteiger partial charge is 0.160 e. The van der Waals surface area contributed by atoms with Crippen molar-refractivity contribution in [3.05, 3.63) is 28.8 Å². The predicted octanol–water partition coefficient (Wildman–Crippen LogP) is 2.12. The van der Waals surface area contributed by atoms with Gasteiger partial charge < -0.3 is 10.8 Å². The average Bonchev–Trinajstić information content (AvgIpc) is 2.70. The molecule has 0 aliphatic rings. The van der Waals surface area contributed by atoms with Crippen molar-refractivity contribution < 1.29 is 5.11 Å². The molecule has 0 aliphatic carbocycles. The van der Waals surface area contributed by atoms with Gasteiger partial charge in [-0.1, -0.05) is 17.7 Å². The first-order chi connectivity index (χ1) is 9.11. The van der Waals surface area contributed by atoms with Gasteiger partial charge in [0.05, 0.1) is 24.1 Å². The van der Waals surface area contributed by atoms with Crippen LogP contribution in [-0.2, 0) is 6.54 Å². The molecule has 98 valence electrons. The maximum Gasteiger partial charge on any atom is 0.160 e. The number of halogens is 1.